The van der Waals surface area contributed by atoms with E-state index in [0.29, 0.717) is 18.9 Å². The summed E-state index contributed by atoms with van der Waals surface area (Å²) in [5.41, 5.74) is 2.02. The van der Waals surface area contributed by atoms with E-state index in [4.69, 9.17) is 0 Å². The first-order valence-electron chi connectivity index (χ1n) is 7.76. The molecule has 22 heavy (non-hydrogen) atoms. The Balaban J connectivity index is 1.56. The van der Waals surface area contributed by atoms with Crippen molar-refractivity contribution >= 4 is 5.91 Å². The van der Waals surface area contributed by atoms with Gasteiger partial charge in [-0.3, -0.25) is 9.48 Å². The number of carbonyl (C=O) groups is 1. The lowest BCUT2D eigenvalue weighted by molar-refractivity contribution is -0.132. The van der Waals surface area contributed by atoms with Gasteiger partial charge in [0.25, 0.3) is 0 Å². The van der Waals surface area contributed by atoms with E-state index in [1.807, 2.05) is 34.8 Å². The van der Waals surface area contributed by atoms with Crippen molar-refractivity contribution in [3.05, 3.63) is 42.2 Å². The number of nitrogens with zero attached hydrogens (tertiary/aromatic N) is 5. The van der Waals surface area contributed by atoms with Crippen LogP contribution in [0.25, 0.3) is 0 Å². The molecule has 1 fully saturated rings. The standard InChI is InChI=1S/C16H21N5O/c1-13-5-9-21(19-13)10-6-16(22)20-8-2-3-14(11-20)15-4-7-17-12-18-15/h4-5,7,9,12,14H,2-3,6,8,10-11H2,1H3. The fourth-order valence-electron chi connectivity index (χ4n) is 2.94. The van der Waals surface area contributed by atoms with E-state index >= 15 is 0 Å². The fourth-order valence-corrected chi connectivity index (χ4v) is 2.94. The molecule has 6 heteroatoms. The van der Waals surface area contributed by atoms with Gasteiger partial charge in [0.15, 0.2) is 0 Å². The Morgan fingerprint density at radius 1 is 1.41 bits per heavy atom. The molecule has 0 aromatic carbocycles. The van der Waals surface area contributed by atoms with Gasteiger partial charge in [0.2, 0.25) is 5.91 Å². The third-order valence-corrected chi connectivity index (χ3v) is 4.13. The van der Waals surface area contributed by atoms with Crippen molar-refractivity contribution in [1.29, 1.82) is 0 Å². The molecule has 0 spiro atoms. The molecule has 0 saturated carbocycles. The minimum atomic E-state index is 0.201. The summed E-state index contributed by atoms with van der Waals surface area (Å²) in [5, 5.41) is 4.32. The highest BCUT2D eigenvalue weighted by molar-refractivity contribution is 5.76. The van der Waals surface area contributed by atoms with Crippen molar-refractivity contribution < 1.29 is 4.79 Å². The van der Waals surface area contributed by atoms with Crippen LogP contribution in [0.5, 0.6) is 0 Å². The second-order valence-corrected chi connectivity index (χ2v) is 5.78. The topological polar surface area (TPSA) is 63.9 Å². The first kappa shape index (κ1) is 14.7. The number of carbonyl (C=O) groups excluding carboxylic acids is 1. The van der Waals surface area contributed by atoms with Gasteiger partial charge < -0.3 is 4.90 Å². The monoisotopic (exact) mass is 299 g/mol. The molecule has 0 radical (unpaired) electrons. The smallest absolute Gasteiger partial charge is 0.224 e. The molecule has 3 rings (SSSR count). The molecule has 1 atom stereocenters. The van der Waals surface area contributed by atoms with Gasteiger partial charge >= 0.3 is 0 Å². The number of likely N-dealkylation sites (tertiary alicyclic amines) is 1. The molecule has 2 aromatic heterocycles. The zero-order valence-electron chi connectivity index (χ0n) is 12.9. The summed E-state index contributed by atoms with van der Waals surface area (Å²) in [6.45, 7) is 4.20. The predicted octanol–water partition coefficient (Wildman–Crippen LogP) is 1.78. The molecule has 3 heterocycles. The van der Waals surface area contributed by atoms with Crippen LogP contribution in [-0.4, -0.2) is 43.6 Å². The first-order chi connectivity index (χ1) is 10.7. The van der Waals surface area contributed by atoms with Crippen LogP contribution in [0, 0.1) is 6.92 Å². The van der Waals surface area contributed by atoms with Crippen molar-refractivity contribution in [2.75, 3.05) is 13.1 Å². The second-order valence-electron chi connectivity index (χ2n) is 5.78. The SMILES string of the molecule is Cc1ccn(CCC(=O)N2CCCC(c3ccncn3)C2)n1. The van der Waals surface area contributed by atoms with E-state index < -0.39 is 0 Å². The van der Waals surface area contributed by atoms with Crippen molar-refractivity contribution in [2.24, 2.45) is 0 Å². The molecule has 1 unspecified atom stereocenters. The maximum atomic E-state index is 12.4. The number of piperidine rings is 1. The maximum absolute atomic E-state index is 12.4. The van der Waals surface area contributed by atoms with Crippen LogP contribution in [0.3, 0.4) is 0 Å². The summed E-state index contributed by atoms with van der Waals surface area (Å²) < 4.78 is 1.83. The molecule has 6 nitrogen and oxygen atoms in total. The minimum absolute atomic E-state index is 0.201. The van der Waals surface area contributed by atoms with Crippen molar-refractivity contribution in [3.8, 4) is 0 Å². The fraction of sp³-hybridized carbons (Fsp3) is 0.500. The Hall–Kier alpha value is -2.24. The Labute approximate surface area is 130 Å². The third-order valence-electron chi connectivity index (χ3n) is 4.13. The van der Waals surface area contributed by atoms with Gasteiger partial charge in [-0.05, 0) is 31.9 Å². The summed E-state index contributed by atoms with van der Waals surface area (Å²) in [6.07, 6.45) is 7.87. The number of aryl methyl sites for hydroxylation is 2. The Kier molecular flexibility index (Phi) is 4.46. The molecule has 0 N–H and O–H groups in total. The lowest BCUT2D eigenvalue weighted by Crippen LogP contribution is -2.39. The van der Waals surface area contributed by atoms with Gasteiger partial charge in [0, 0.05) is 50.1 Å². The number of aromatic nitrogens is 4. The number of amides is 1. The molecule has 1 saturated heterocycles. The molecular formula is C16H21N5O. The van der Waals surface area contributed by atoms with E-state index in [9.17, 15) is 4.79 Å². The average Bonchev–Trinajstić information content (AvgIpc) is 2.99. The van der Waals surface area contributed by atoms with Gasteiger partial charge in [0.1, 0.15) is 6.33 Å². The van der Waals surface area contributed by atoms with Gasteiger partial charge in [-0.25, -0.2) is 9.97 Å². The van der Waals surface area contributed by atoms with Gasteiger partial charge in [0.05, 0.1) is 5.69 Å². The summed E-state index contributed by atoms with van der Waals surface area (Å²) in [5.74, 6) is 0.527. The van der Waals surface area contributed by atoms with Crippen LogP contribution in [0.1, 0.15) is 36.6 Å². The molecule has 1 amide bonds. The zero-order valence-corrected chi connectivity index (χ0v) is 12.9. The quantitative estimate of drug-likeness (QED) is 0.863. The highest BCUT2D eigenvalue weighted by Crippen LogP contribution is 2.25. The van der Waals surface area contributed by atoms with E-state index in [-0.39, 0.29) is 5.91 Å². The van der Waals surface area contributed by atoms with Crippen molar-refractivity contribution in [1.82, 2.24) is 24.6 Å². The van der Waals surface area contributed by atoms with Crippen LogP contribution in [0.15, 0.2) is 30.9 Å². The Morgan fingerprint density at radius 2 is 2.32 bits per heavy atom. The molecule has 116 valence electrons. The molecule has 0 bridgehead atoms. The Morgan fingerprint density at radius 3 is 3.05 bits per heavy atom. The summed E-state index contributed by atoms with van der Waals surface area (Å²) in [7, 11) is 0. The van der Waals surface area contributed by atoms with Gasteiger partial charge in [-0.2, -0.15) is 5.10 Å². The summed E-state index contributed by atoms with van der Waals surface area (Å²) >= 11 is 0. The van der Waals surface area contributed by atoms with Crippen LogP contribution in [0.4, 0.5) is 0 Å². The summed E-state index contributed by atoms with van der Waals surface area (Å²) in [6, 6.07) is 3.90. The average molecular weight is 299 g/mol. The molecule has 2 aromatic rings. The van der Waals surface area contributed by atoms with E-state index in [1.54, 1.807) is 12.5 Å². The highest BCUT2D eigenvalue weighted by Gasteiger charge is 2.25. The van der Waals surface area contributed by atoms with Crippen LogP contribution < -0.4 is 0 Å². The largest absolute Gasteiger partial charge is 0.342 e. The normalized spacial score (nSPS) is 18.4. The van der Waals surface area contributed by atoms with Gasteiger partial charge in [-0.15, -0.1) is 0 Å². The molecule has 0 aliphatic carbocycles. The summed E-state index contributed by atoms with van der Waals surface area (Å²) in [4.78, 5) is 22.7. The molecular weight excluding hydrogens is 278 g/mol. The lowest BCUT2D eigenvalue weighted by Gasteiger charge is -2.32. The first-order valence-corrected chi connectivity index (χ1v) is 7.76. The third kappa shape index (κ3) is 3.50. The van der Waals surface area contributed by atoms with E-state index in [1.165, 1.54) is 0 Å². The molecule has 1 aliphatic rings. The highest BCUT2D eigenvalue weighted by atomic mass is 16.2. The van der Waals surface area contributed by atoms with E-state index in [2.05, 4.69) is 15.1 Å². The van der Waals surface area contributed by atoms with Crippen LogP contribution in [-0.2, 0) is 11.3 Å². The molecule has 1 aliphatic heterocycles. The van der Waals surface area contributed by atoms with Crippen LogP contribution >= 0.6 is 0 Å². The number of hydrogen-bond donors (Lipinski definition) is 0. The van der Waals surface area contributed by atoms with Gasteiger partial charge in [-0.1, -0.05) is 0 Å². The zero-order chi connectivity index (χ0) is 15.4. The number of rotatable bonds is 4. The Bertz CT molecular complexity index is 624. The van der Waals surface area contributed by atoms with Crippen molar-refractivity contribution in [3.63, 3.8) is 0 Å². The van der Waals surface area contributed by atoms with Crippen molar-refractivity contribution in [2.45, 2.75) is 38.6 Å². The lowest BCUT2D eigenvalue weighted by atomic mass is 9.94. The minimum Gasteiger partial charge on any atom is -0.342 e. The second kappa shape index (κ2) is 6.68. The van der Waals surface area contributed by atoms with Crippen LogP contribution in [0.2, 0.25) is 0 Å². The predicted molar refractivity (Wildman–Crippen MR) is 82.2 cm³/mol. The number of hydrogen-bond acceptors (Lipinski definition) is 4. The van der Waals surface area contributed by atoms with E-state index in [0.717, 1.165) is 37.3 Å². The maximum Gasteiger partial charge on any atom is 0.224 e.